The first kappa shape index (κ1) is 25.4. The average Bonchev–Trinajstić information content (AvgIpc) is 3.27. The maximum atomic E-state index is 12.4. The van der Waals surface area contributed by atoms with E-state index in [1.54, 1.807) is 24.3 Å². The minimum atomic E-state index is -0.908. The molecule has 0 spiro atoms. The highest BCUT2D eigenvalue weighted by atomic mass is 32.2. The van der Waals surface area contributed by atoms with E-state index in [0.717, 1.165) is 19.1 Å². The molecule has 9 nitrogen and oxygen atoms in total. The molecular formula is C23H25N3O6S2. The minimum absolute atomic E-state index is 0.0604. The van der Waals surface area contributed by atoms with Gasteiger partial charge in [0.2, 0.25) is 22.2 Å². The number of carbonyl (C=O) groups excluding carboxylic acids is 2. The molecule has 1 atom stereocenters. The Morgan fingerprint density at radius 3 is 2.59 bits per heavy atom. The molecule has 1 amide bonds. The molecule has 2 aromatic heterocycles. The topological polar surface area (TPSA) is 121 Å². The molecule has 0 aliphatic heterocycles. The van der Waals surface area contributed by atoms with Gasteiger partial charge in [-0.15, -0.1) is 10.2 Å². The van der Waals surface area contributed by atoms with Crippen molar-refractivity contribution in [1.82, 2.24) is 10.2 Å². The number of nitrogens with zero attached hydrogens (tertiary/aromatic N) is 2. The van der Waals surface area contributed by atoms with Crippen molar-refractivity contribution < 1.29 is 23.5 Å². The Morgan fingerprint density at radius 1 is 1.18 bits per heavy atom. The maximum Gasteiger partial charge on any atom is 0.352 e. The number of nitrogens with one attached hydrogen (secondary N) is 1. The third-order valence-electron chi connectivity index (χ3n) is 4.78. The molecule has 3 aromatic rings. The molecule has 0 aliphatic carbocycles. The Labute approximate surface area is 204 Å². The fourth-order valence-electron chi connectivity index (χ4n) is 2.85. The van der Waals surface area contributed by atoms with Crippen LogP contribution < -0.4 is 20.2 Å². The number of para-hydroxylation sites is 1. The second kappa shape index (κ2) is 12.3. The fourth-order valence-corrected chi connectivity index (χ4v) is 4.50. The zero-order chi connectivity index (χ0) is 24.5. The third-order valence-corrected chi connectivity index (χ3v) is 6.78. The molecule has 0 saturated heterocycles. The predicted octanol–water partition coefficient (Wildman–Crippen LogP) is 4.53. The Morgan fingerprint density at radius 2 is 1.91 bits per heavy atom. The summed E-state index contributed by atoms with van der Waals surface area (Å²) in [5, 5.41) is 11.2. The van der Waals surface area contributed by atoms with Gasteiger partial charge in [0.15, 0.2) is 10.4 Å². The van der Waals surface area contributed by atoms with E-state index in [2.05, 4.69) is 15.5 Å². The molecule has 0 bridgehead atoms. The zero-order valence-corrected chi connectivity index (χ0v) is 20.6. The summed E-state index contributed by atoms with van der Waals surface area (Å²) in [5.74, 6) is 0.140. The lowest BCUT2D eigenvalue weighted by Gasteiger charge is -2.13. The van der Waals surface area contributed by atoms with Crippen molar-refractivity contribution in [2.45, 2.75) is 49.8 Å². The van der Waals surface area contributed by atoms with Crippen LogP contribution in [0.3, 0.4) is 0 Å². The van der Waals surface area contributed by atoms with E-state index < -0.39 is 17.5 Å². The van der Waals surface area contributed by atoms with Gasteiger partial charge < -0.3 is 19.2 Å². The molecule has 34 heavy (non-hydrogen) atoms. The van der Waals surface area contributed by atoms with Crippen LogP contribution in [-0.2, 0) is 15.3 Å². The monoisotopic (exact) mass is 503 g/mol. The van der Waals surface area contributed by atoms with Gasteiger partial charge in [-0.2, -0.15) is 0 Å². The van der Waals surface area contributed by atoms with Gasteiger partial charge in [-0.05, 0) is 31.9 Å². The maximum absolute atomic E-state index is 12.4. The number of esters is 1. The van der Waals surface area contributed by atoms with Crippen LogP contribution in [0.5, 0.6) is 11.5 Å². The normalized spacial score (nSPS) is 11.8. The first-order chi connectivity index (χ1) is 16.4. The number of aromatic nitrogens is 2. The van der Waals surface area contributed by atoms with Gasteiger partial charge in [0.05, 0.1) is 5.75 Å². The summed E-state index contributed by atoms with van der Waals surface area (Å²) in [4.78, 5) is 36.8. The van der Waals surface area contributed by atoms with Gasteiger partial charge in [0.25, 0.3) is 0 Å². The number of hydrogen-bond acceptors (Lipinski definition) is 10. The second-order valence-electron chi connectivity index (χ2n) is 7.23. The highest BCUT2D eigenvalue weighted by Gasteiger charge is 2.20. The van der Waals surface area contributed by atoms with Crippen molar-refractivity contribution in [2.24, 2.45) is 5.92 Å². The van der Waals surface area contributed by atoms with Crippen molar-refractivity contribution in [3.05, 3.63) is 58.6 Å². The number of rotatable bonds is 11. The smallest absolute Gasteiger partial charge is 0.352 e. The van der Waals surface area contributed by atoms with Crippen LogP contribution in [0.15, 0.2) is 56.2 Å². The van der Waals surface area contributed by atoms with Crippen LogP contribution in [0.1, 0.15) is 39.4 Å². The first-order valence-electron chi connectivity index (χ1n) is 10.7. The van der Waals surface area contributed by atoms with Gasteiger partial charge in [0.1, 0.15) is 17.8 Å². The minimum Gasteiger partial charge on any atom is -0.479 e. The highest BCUT2D eigenvalue weighted by Crippen LogP contribution is 2.29. The summed E-state index contributed by atoms with van der Waals surface area (Å²) in [7, 11) is 0. The fraction of sp³-hybridized carbons (Fsp3) is 0.348. The molecule has 0 radical (unpaired) electrons. The van der Waals surface area contributed by atoms with Crippen molar-refractivity contribution in [2.75, 3.05) is 5.32 Å². The van der Waals surface area contributed by atoms with Gasteiger partial charge >= 0.3 is 5.97 Å². The number of ether oxygens (including phenoxy) is 2. The van der Waals surface area contributed by atoms with Crippen LogP contribution in [0, 0.1) is 5.92 Å². The number of thioether (sulfide) groups is 1. The summed E-state index contributed by atoms with van der Waals surface area (Å²) in [5.41, 5.74) is -0.488. The molecule has 0 aliphatic rings. The van der Waals surface area contributed by atoms with E-state index in [1.807, 2.05) is 19.9 Å². The standard InChI is InChI=1S/C23H25N3O6S2/c1-4-15(5-2)20(28)24-22-25-26-23(34-22)33-13-17-11-18(27)19(12-30-17)32-21(29)14(3)31-16-9-7-6-8-10-16/h6-12,14-15H,4-5,13H2,1-3H3,(H,24,25,28)/t14-/m1/s1. The Balaban J connectivity index is 1.52. The highest BCUT2D eigenvalue weighted by molar-refractivity contribution is 8.00. The number of carbonyl (C=O) groups is 2. The van der Waals surface area contributed by atoms with Crippen LogP contribution in [0.4, 0.5) is 5.13 Å². The number of amides is 1. The quantitative estimate of drug-likeness (QED) is 0.228. The first-order valence-corrected chi connectivity index (χ1v) is 12.5. The summed E-state index contributed by atoms with van der Waals surface area (Å²) < 4.78 is 16.7. The summed E-state index contributed by atoms with van der Waals surface area (Å²) in [6.45, 7) is 5.47. The van der Waals surface area contributed by atoms with E-state index in [1.165, 1.54) is 36.1 Å². The van der Waals surface area contributed by atoms with Gasteiger partial charge in [-0.25, -0.2) is 4.79 Å². The lowest BCUT2D eigenvalue weighted by atomic mass is 10.0. The second-order valence-corrected chi connectivity index (χ2v) is 9.43. The van der Waals surface area contributed by atoms with E-state index >= 15 is 0 Å². The number of benzene rings is 1. The molecule has 2 heterocycles. The predicted molar refractivity (Wildman–Crippen MR) is 129 cm³/mol. The molecule has 11 heteroatoms. The molecule has 1 N–H and O–H groups in total. The van der Waals surface area contributed by atoms with Crippen LogP contribution in [-0.4, -0.2) is 28.2 Å². The molecule has 3 rings (SSSR count). The van der Waals surface area contributed by atoms with Crippen molar-refractivity contribution >= 4 is 40.1 Å². The van der Waals surface area contributed by atoms with Crippen LogP contribution in [0.25, 0.3) is 0 Å². The third kappa shape index (κ3) is 7.16. The van der Waals surface area contributed by atoms with Crippen molar-refractivity contribution in [3.8, 4) is 11.5 Å². The van der Waals surface area contributed by atoms with E-state index in [9.17, 15) is 14.4 Å². The molecule has 0 fully saturated rings. The van der Waals surface area contributed by atoms with Crippen molar-refractivity contribution in [1.29, 1.82) is 0 Å². The van der Waals surface area contributed by atoms with Crippen LogP contribution in [0.2, 0.25) is 0 Å². The molecule has 0 saturated carbocycles. The van der Waals surface area contributed by atoms with E-state index in [-0.39, 0.29) is 17.6 Å². The van der Waals surface area contributed by atoms with Gasteiger partial charge in [-0.3, -0.25) is 9.59 Å². The number of hydrogen-bond donors (Lipinski definition) is 1. The van der Waals surface area contributed by atoms with Gasteiger partial charge in [-0.1, -0.05) is 55.1 Å². The molecule has 1 aromatic carbocycles. The average molecular weight is 504 g/mol. The van der Waals surface area contributed by atoms with Crippen molar-refractivity contribution in [3.63, 3.8) is 0 Å². The summed E-state index contributed by atoms with van der Waals surface area (Å²) in [6, 6.07) is 10.1. The summed E-state index contributed by atoms with van der Waals surface area (Å²) >= 11 is 2.55. The Kier molecular flexibility index (Phi) is 9.23. The van der Waals surface area contributed by atoms with Gasteiger partial charge in [0, 0.05) is 12.0 Å². The van der Waals surface area contributed by atoms with Crippen LogP contribution >= 0.6 is 23.1 Å². The lowest BCUT2D eigenvalue weighted by Crippen LogP contribution is -2.29. The SMILES string of the molecule is CCC(CC)C(=O)Nc1nnc(SCc2cc(=O)c(OC(=O)[C@@H](C)Oc3ccccc3)co2)s1. The Hall–Kier alpha value is -3.18. The Bertz CT molecular complexity index is 1160. The molecular weight excluding hydrogens is 478 g/mol. The lowest BCUT2D eigenvalue weighted by molar-refractivity contribution is -0.141. The number of anilines is 1. The summed E-state index contributed by atoms with van der Waals surface area (Å²) in [6.07, 6.45) is 1.71. The largest absolute Gasteiger partial charge is 0.479 e. The molecule has 180 valence electrons. The molecule has 0 unspecified atom stereocenters. The zero-order valence-electron chi connectivity index (χ0n) is 19.0. The van der Waals surface area contributed by atoms with E-state index in [0.29, 0.717) is 26.7 Å². The van der Waals surface area contributed by atoms with E-state index in [4.69, 9.17) is 13.9 Å².